The van der Waals surface area contributed by atoms with E-state index < -0.39 is 0 Å². The Bertz CT molecular complexity index is 781. The molecule has 1 fully saturated rings. The average Bonchev–Trinajstić information content (AvgIpc) is 3.16. The first-order valence-corrected chi connectivity index (χ1v) is 7.61. The summed E-state index contributed by atoms with van der Waals surface area (Å²) in [5, 5.41) is 7.65. The predicted octanol–water partition coefficient (Wildman–Crippen LogP) is 2.78. The Balaban J connectivity index is 1.67. The van der Waals surface area contributed by atoms with E-state index in [-0.39, 0.29) is 0 Å². The lowest BCUT2D eigenvalue weighted by molar-refractivity contribution is 0.345. The van der Waals surface area contributed by atoms with Crippen molar-refractivity contribution in [2.45, 2.75) is 31.7 Å². The second kappa shape index (κ2) is 5.10. The third-order valence-electron chi connectivity index (χ3n) is 4.50. The normalized spacial score (nSPS) is 20.8. The van der Waals surface area contributed by atoms with Gasteiger partial charge in [-0.15, -0.1) is 0 Å². The molecule has 4 rings (SSSR count). The molecule has 0 atom stereocenters. The maximum atomic E-state index is 5.87. The lowest BCUT2D eigenvalue weighted by atomic mass is 9.79. The van der Waals surface area contributed by atoms with Gasteiger partial charge in [0.05, 0.1) is 17.7 Å². The smallest absolute Gasteiger partial charge is 0.0991 e. The van der Waals surface area contributed by atoms with Crippen LogP contribution in [0.25, 0.3) is 16.9 Å². The highest BCUT2D eigenvalue weighted by molar-refractivity contribution is 5.64. The zero-order valence-corrected chi connectivity index (χ0v) is 12.5. The van der Waals surface area contributed by atoms with Crippen molar-refractivity contribution in [3.05, 3.63) is 54.2 Å². The first-order valence-electron chi connectivity index (χ1n) is 7.61. The molecule has 3 N–H and O–H groups in total. The van der Waals surface area contributed by atoms with Crippen molar-refractivity contribution < 1.29 is 0 Å². The van der Waals surface area contributed by atoms with Crippen LogP contribution in [-0.2, 0) is 0 Å². The minimum absolute atomic E-state index is 0.351. The summed E-state index contributed by atoms with van der Waals surface area (Å²) in [5.74, 6) is 0.537. The van der Waals surface area contributed by atoms with E-state index in [1.165, 1.54) is 11.3 Å². The van der Waals surface area contributed by atoms with Gasteiger partial charge < -0.3 is 10.3 Å². The number of hydrogen-bond donors (Lipinski definition) is 2. The predicted molar refractivity (Wildman–Crippen MR) is 85.8 cm³/mol. The van der Waals surface area contributed by atoms with Crippen LogP contribution < -0.4 is 5.73 Å². The molecule has 1 aromatic carbocycles. The number of nitrogens with two attached hydrogens (primary N) is 1. The Morgan fingerprint density at radius 1 is 1.27 bits per heavy atom. The molecule has 112 valence electrons. The van der Waals surface area contributed by atoms with Crippen molar-refractivity contribution in [3.63, 3.8) is 0 Å². The molecule has 0 unspecified atom stereocenters. The molecule has 2 aromatic heterocycles. The highest BCUT2D eigenvalue weighted by atomic mass is 15.1. The van der Waals surface area contributed by atoms with Crippen molar-refractivity contribution in [1.82, 2.24) is 19.7 Å². The number of aromatic nitrogens is 4. The zero-order valence-electron chi connectivity index (χ0n) is 12.5. The molecule has 0 saturated heterocycles. The highest BCUT2D eigenvalue weighted by Gasteiger charge is 2.28. The summed E-state index contributed by atoms with van der Waals surface area (Å²) in [6, 6.07) is 8.90. The Morgan fingerprint density at radius 2 is 2.14 bits per heavy atom. The lowest BCUT2D eigenvalue weighted by Gasteiger charge is -2.31. The first kappa shape index (κ1) is 13.3. The third kappa shape index (κ3) is 2.23. The Labute approximate surface area is 129 Å². The van der Waals surface area contributed by atoms with Gasteiger partial charge in [-0.3, -0.25) is 5.10 Å². The van der Waals surface area contributed by atoms with Crippen LogP contribution in [0.4, 0.5) is 0 Å². The van der Waals surface area contributed by atoms with E-state index >= 15 is 0 Å². The SMILES string of the molecule is Cc1ccc(-c2cc(C3CC(N)C3)[nH]n2)cc1-n1ccnc1. The van der Waals surface area contributed by atoms with E-state index in [1.807, 2.05) is 17.1 Å². The van der Waals surface area contributed by atoms with Crippen molar-refractivity contribution in [2.75, 3.05) is 0 Å². The Hall–Kier alpha value is -2.40. The number of aryl methyl sites for hydroxylation is 1. The maximum Gasteiger partial charge on any atom is 0.0991 e. The standard InChI is InChI=1S/C17H19N5/c1-11-2-3-12(8-17(11)22-5-4-19-10-22)15-9-16(21-20-15)13-6-14(18)7-13/h2-5,8-10,13-14H,6-7,18H2,1H3,(H,20,21). The molecule has 1 saturated carbocycles. The zero-order chi connectivity index (χ0) is 15.1. The van der Waals surface area contributed by atoms with E-state index in [0.717, 1.165) is 29.8 Å². The number of aromatic amines is 1. The van der Waals surface area contributed by atoms with Crippen LogP contribution in [0.5, 0.6) is 0 Å². The molecule has 0 amide bonds. The van der Waals surface area contributed by atoms with Gasteiger partial charge in [-0.05, 0) is 37.5 Å². The van der Waals surface area contributed by atoms with Gasteiger partial charge in [-0.2, -0.15) is 5.10 Å². The summed E-state index contributed by atoms with van der Waals surface area (Å²) in [4.78, 5) is 4.12. The molecule has 2 heterocycles. The fourth-order valence-corrected chi connectivity index (χ4v) is 3.06. The molecule has 1 aliphatic carbocycles. The van der Waals surface area contributed by atoms with E-state index in [0.29, 0.717) is 12.0 Å². The summed E-state index contributed by atoms with van der Waals surface area (Å²) < 4.78 is 2.03. The van der Waals surface area contributed by atoms with Gasteiger partial charge in [0.1, 0.15) is 0 Å². The summed E-state index contributed by atoms with van der Waals surface area (Å²) >= 11 is 0. The number of hydrogen-bond acceptors (Lipinski definition) is 3. The minimum Gasteiger partial charge on any atom is -0.328 e. The van der Waals surface area contributed by atoms with E-state index in [4.69, 9.17) is 5.73 Å². The molecule has 0 spiro atoms. The molecule has 1 aliphatic rings. The second-order valence-electron chi connectivity index (χ2n) is 6.11. The third-order valence-corrected chi connectivity index (χ3v) is 4.50. The van der Waals surface area contributed by atoms with Crippen LogP contribution in [-0.4, -0.2) is 25.8 Å². The van der Waals surface area contributed by atoms with Gasteiger partial charge in [0.15, 0.2) is 0 Å². The largest absolute Gasteiger partial charge is 0.328 e. The number of H-pyrrole nitrogens is 1. The first-order chi connectivity index (χ1) is 10.7. The second-order valence-corrected chi connectivity index (χ2v) is 6.11. The van der Waals surface area contributed by atoms with Crippen LogP contribution in [0.1, 0.15) is 30.0 Å². The quantitative estimate of drug-likeness (QED) is 0.780. The topological polar surface area (TPSA) is 72.5 Å². The fourth-order valence-electron chi connectivity index (χ4n) is 3.06. The molecule has 0 aliphatic heterocycles. The van der Waals surface area contributed by atoms with Crippen molar-refractivity contribution in [2.24, 2.45) is 5.73 Å². The number of rotatable bonds is 3. The van der Waals surface area contributed by atoms with Crippen molar-refractivity contribution in [1.29, 1.82) is 0 Å². The molecular weight excluding hydrogens is 274 g/mol. The maximum absolute atomic E-state index is 5.87. The number of imidazole rings is 1. The summed E-state index contributed by atoms with van der Waals surface area (Å²) in [6.07, 6.45) is 7.67. The molecule has 22 heavy (non-hydrogen) atoms. The monoisotopic (exact) mass is 293 g/mol. The summed E-state index contributed by atoms with van der Waals surface area (Å²) in [6.45, 7) is 2.10. The van der Waals surface area contributed by atoms with Crippen molar-refractivity contribution >= 4 is 0 Å². The molecule has 0 bridgehead atoms. The molecule has 3 aromatic rings. The van der Waals surface area contributed by atoms with Gasteiger partial charge in [-0.25, -0.2) is 4.98 Å². The average molecular weight is 293 g/mol. The van der Waals surface area contributed by atoms with E-state index in [2.05, 4.69) is 46.4 Å². The van der Waals surface area contributed by atoms with Gasteiger partial charge in [0.25, 0.3) is 0 Å². The van der Waals surface area contributed by atoms with Crippen LogP contribution in [0.3, 0.4) is 0 Å². The van der Waals surface area contributed by atoms with Crippen LogP contribution in [0.15, 0.2) is 43.0 Å². The lowest BCUT2D eigenvalue weighted by Crippen LogP contribution is -2.34. The van der Waals surface area contributed by atoms with Crippen LogP contribution in [0, 0.1) is 6.92 Å². The number of nitrogens with one attached hydrogen (secondary N) is 1. The Morgan fingerprint density at radius 3 is 2.86 bits per heavy atom. The van der Waals surface area contributed by atoms with Gasteiger partial charge in [0, 0.05) is 35.6 Å². The van der Waals surface area contributed by atoms with Crippen LogP contribution in [0.2, 0.25) is 0 Å². The number of nitrogens with zero attached hydrogens (tertiary/aromatic N) is 3. The summed E-state index contributed by atoms with van der Waals surface area (Å²) in [5.41, 5.74) is 11.5. The number of benzene rings is 1. The molecule has 0 radical (unpaired) electrons. The van der Waals surface area contributed by atoms with Crippen LogP contribution >= 0.6 is 0 Å². The van der Waals surface area contributed by atoms with Gasteiger partial charge in [-0.1, -0.05) is 12.1 Å². The van der Waals surface area contributed by atoms with Gasteiger partial charge in [0.2, 0.25) is 0 Å². The highest BCUT2D eigenvalue weighted by Crippen LogP contribution is 2.36. The van der Waals surface area contributed by atoms with Crippen molar-refractivity contribution in [3.8, 4) is 16.9 Å². The molecule has 5 nitrogen and oxygen atoms in total. The minimum atomic E-state index is 0.351. The van der Waals surface area contributed by atoms with Gasteiger partial charge >= 0.3 is 0 Å². The fraction of sp³-hybridized carbons (Fsp3) is 0.294. The molecule has 5 heteroatoms. The Kier molecular flexibility index (Phi) is 3.08. The van der Waals surface area contributed by atoms with E-state index in [1.54, 1.807) is 6.20 Å². The molecular formula is C17H19N5. The van der Waals surface area contributed by atoms with E-state index in [9.17, 15) is 0 Å². The summed E-state index contributed by atoms with van der Waals surface area (Å²) in [7, 11) is 0.